The number of ether oxygens (including phenoxy) is 1. The van der Waals surface area contributed by atoms with Gasteiger partial charge < -0.3 is 15.0 Å². The minimum Gasteiger partial charge on any atom is -0.462 e. The fraction of sp³-hybridized carbons (Fsp3) is 0.364. The molecule has 0 bridgehead atoms. The molecule has 2 rings (SSSR count). The number of esters is 1. The van der Waals surface area contributed by atoms with Crippen molar-refractivity contribution in [2.24, 2.45) is 0 Å². The molecule has 0 atom stereocenters. The Kier molecular flexibility index (Phi) is 9.24. The van der Waals surface area contributed by atoms with Crippen LogP contribution in [0.4, 0.5) is 5.69 Å². The quantitative estimate of drug-likeness (QED) is 0.377. The molecule has 0 radical (unpaired) electrons. The van der Waals surface area contributed by atoms with Gasteiger partial charge in [-0.05, 0) is 67.5 Å². The van der Waals surface area contributed by atoms with Crippen LogP contribution < -0.4 is 10.2 Å². The number of pyridine rings is 1. The Labute approximate surface area is 177 Å². The van der Waals surface area contributed by atoms with Crippen LogP contribution >= 0.6 is 12.2 Å². The van der Waals surface area contributed by atoms with Crippen LogP contribution in [0.2, 0.25) is 0 Å². The normalized spacial score (nSPS) is 10.3. The molecule has 1 amide bonds. The number of thiocarbonyl (C=S) groups is 1. The second kappa shape index (κ2) is 11.9. The van der Waals surface area contributed by atoms with Crippen LogP contribution in [0.1, 0.15) is 55.5 Å². The zero-order chi connectivity index (χ0) is 21.1. The molecule has 0 aliphatic rings. The number of anilines is 1. The van der Waals surface area contributed by atoms with E-state index in [0.29, 0.717) is 30.2 Å². The van der Waals surface area contributed by atoms with Crippen LogP contribution in [0.15, 0.2) is 48.8 Å². The summed E-state index contributed by atoms with van der Waals surface area (Å²) in [4.78, 5) is 30.0. The van der Waals surface area contributed by atoms with Gasteiger partial charge >= 0.3 is 5.97 Å². The van der Waals surface area contributed by atoms with E-state index in [4.69, 9.17) is 17.0 Å². The zero-order valence-electron chi connectivity index (χ0n) is 16.9. The van der Waals surface area contributed by atoms with Crippen molar-refractivity contribution < 1.29 is 14.3 Å². The lowest BCUT2D eigenvalue weighted by atomic mass is 10.1. The van der Waals surface area contributed by atoms with E-state index in [1.54, 1.807) is 43.6 Å². The Bertz CT molecular complexity index is 810. The predicted octanol–water partition coefficient (Wildman–Crippen LogP) is 4.25. The minimum absolute atomic E-state index is 0.0914. The van der Waals surface area contributed by atoms with Crippen molar-refractivity contribution in [3.63, 3.8) is 0 Å². The van der Waals surface area contributed by atoms with Crippen LogP contribution in [0.3, 0.4) is 0 Å². The largest absolute Gasteiger partial charge is 0.462 e. The van der Waals surface area contributed by atoms with Crippen LogP contribution in [-0.4, -0.2) is 28.6 Å². The van der Waals surface area contributed by atoms with Crippen molar-refractivity contribution in [2.45, 2.75) is 46.1 Å². The summed E-state index contributed by atoms with van der Waals surface area (Å²) in [6.07, 6.45) is 6.77. The number of benzene rings is 1. The zero-order valence-corrected chi connectivity index (χ0v) is 17.7. The lowest BCUT2D eigenvalue weighted by molar-refractivity contribution is -0.119. The van der Waals surface area contributed by atoms with Crippen molar-refractivity contribution in [1.82, 2.24) is 10.3 Å². The molecule has 2 aromatic rings. The van der Waals surface area contributed by atoms with Crippen LogP contribution in [0.25, 0.3) is 0 Å². The topological polar surface area (TPSA) is 71.5 Å². The number of amides is 1. The smallest absolute Gasteiger partial charge is 0.338 e. The SMILES string of the molecule is CCCCCC(=O)NC(=S)N(Cc1ccncc1)c1ccc(C(=O)OCC)cc1. The van der Waals surface area contributed by atoms with Gasteiger partial charge in [0.2, 0.25) is 5.91 Å². The van der Waals surface area contributed by atoms with Crippen molar-refractivity contribution in [3.8, 4) is 0 Å². The molecule has 0 saturated heterocycles. The van der Waals surface area contributed by atoms with Crippen molar-refractivity contribution in [2.75, 3.05) is 11.5 Å². The number of carbonyl (C=O) groups excluding carboxylic acids is 2. The van der Waals surface area contributed by atoms with Gasteiger partial charge in [-0.25, -0.2) is 4.79 Å². The predicted molar refractivity (Wildman–Crippen MR) is 118 cm³/mol. The number of nitrogens with zero attached hydrogens (tertiary/aromatic N) is 2. The summed E-state index contributed by atoms with van der Waals surface area (Å²) >= 11 is 5.52. The first kappa shape index (κ1) is 22.5. The average Bonchev–Trinajstić information content (AvgIpc) is 2.73. The Morgan fingerprint density at radius 3 is 2.38 bits per heavy atom. The van der Waals surface area contributed by atoms with E-state index in [0.717, 1.165) is 30.5 Å². The molecule has 0 unspecified atom stereocenters. The summed E-state index contributed by atoms with van der Waals surface area (Å²) in [6.45, 7) is 4.65. The second-order valence-electron chi connectivity index (χ2n) is 6.52. The molecular weight excluding hydrogens is 386 g/mol. The van der Waals surface area contributed by atoms with Crippen LogP contribution in [0, 0.1) is 0 Å². The molecular formula is C22H27N3O3S. The number of unbranched alkanes of at least 4 members (excludes halogenated alkanes) is 2. The molecule has 0 aliphatic carbocycles. The summed E-state index contributed by atoms with van der Waals surface area (Å²) in [5, 5.41) is 3.15. The molecule has 0 spiro atoms. The standard InChI is InChI=1S/C22H27N3O3S/c1-3-5-6-7-20(26)24-22(29)25(16-17-12-14-23-15-13-17)19-10-8-18(9-11-19)21(27)28-4-2/h8-15H,3-7,16H2,1-2H3,(H,24,26,29). The lowest BCUT2D eigenvalue weighted by Gasteiger charge is -2.26. The highest BCUT2D eigenvalue weighted by molar-refractivity contribution is 7.80. The maximum atomic E-state index is 12.2. The Morgan fingerprint density at radius 1 is 1.07 bits per heavy atom. The number of nitrogens with one attached hydrogen (secondary N) is 1. The van der Waals surface area contributed by atoms with E-state index in [9.17, 15) is 9.59 Å². The highest BCUT2D eigenvalue weighted by atomic mass is 32.1. The van der Waals surface area contributed by atoms with Gasteiger partial charge in [0, 0.05) is 24.5 Å². The van der Waals surface area contributed by atoms with Gasteiger partial charge in [0.1, 0.15) is 0 Å². The van der Waals surface area contributed by atoms with E-state index >= 15 is 0 Å². The molecule has 0 aliphatic heterocycles. The average molecular weight is 414 g/mol. The van der Waals surface area contributed by atoms with E-state index in [1.165, 1.54) is 0 Å². The van der Waals surface area contributed by atoms with Gasteiger partial charge in [0.15, 0.2) is 5.11 Å². The molecule has 154 valence electrons. The Hall–Kier alpha value is -2.80. The van der Waals surface area contributed by atoms with E-state index < -0.39 is 0 Å². The Balaban J connectivity index is 2.17. The number of aromatic nitrogens is 1. The van der Waals surface area contributed by atoms with Gasteiger partial charge in [-0.1, -0.05) is 19.8 Å². The highest BCUT2D eigenvalue weighted by Crippen LogP contribution is 2.19. The fourth-order valence-electron chi connectivity index (χ4n) is 2.73. The van der Waals surface area contributed by atoms with Crippen molar-refractivity contribution in [1.29, 1.82) is 0 Å². The summed E-state index contributed by atoms with van der Waals surface area (Å²) < 4.78 is 5.03. The van der Waals surface area contributed by atoms with Crippen molar-refractivity contribution in [3.05, 3.63) is 59.9 Å². The van der Waals surface area contributed by atoms with Crippen LogP contribution in [0.5, 0.6) is 0 Å². The minimum atomic E-state index is -0.369. The first-order valence-electron chi connectivity index (χ1n) is 9.82. The van der Waals surface area contributed by atoms with E-state index in [-0.39, 0.29) is 11.9 Å². The molecule has 0 fully saturated rings. The van der Waals surface area contributed by atoms with Gasteiger partial charge in [-0.2, -0.15) is 0 Å². The number of hydrogen-bond donors (Lipinski definition) is 1. The van der Waals surface area contributed by atoms with Crippen molar-refractivity contribution >= 4 is 34.9 Å². The maximum absolute atomic E-state index is 12.2. The van der Waals surface area contributed by atoms with E-state index in [2.05, 4.69) is 17.2 Å². The molecule has 1 N–H and O–H groups in total. The molecule has 1 aromatic carbocycles. The molecule has 29 heavy (non-hydrogen) atoms. The van der Waals surface area contributed by atoms with Gasteiger partial charge in [0.25, 0.3) is 0 Å². The van der Waals surface area contributed by atoms with E-state index in [1.807, 2.05) is 17.0 Å². The monoisotopic (exact) mass is 413 g/mol. The molecule has 0 saturated carbocycles. The number of hydrogen-bond acceptors (Lipinski definition) is 5. The molecule has 7 heteroatoms. The van der Waals surface area contributed by atoms with Crippen LogP contribution in [-0.2, 0) is 16.1 Å². The summed E-state index contributed by atoms with van der Waals surface area (Å²) in [6, 6.07) is 10.8. The molecule has 6 nitrogen and oxygen atoms in total. The first-order chi connectivity index (χ1) is 14.0. The van der Waals surface area contributed by atoms with Gasteiger partial charge in [-0.3, -0.25) is 9.78 Å². The number of rotatable bonds is 9. The lowest BCUT2D eigenvalue weighted by Crippen LogP contribution is -2.42. The third-order valence-electron chi connectivity index (χ3n) is 4.28. The van der Waals surface area contributed by atoms with Gasteiger partial charge in [0.05, 0.1) is 18.7 Å². The summed E-state index contributed by atoms with van der Waals surface area (Å²) in [5.41, 5.74) is 2.24. The highest BCUT2D eigenvalue weighted by Gasteiger charge is 2.16. The van der Waals surface area contributed by atoms with Gasteiger partial charge in [-0.15, -0.1) is 0 Å². The maximum Gasteiger partial charge on any atom is 0.338 e. The molecule has 1 aromatic heterocycles. The Morgan fingerprint density at radius 2 is 1.76 bits per heavy atom. The third-order valence-corrected chi connectivity index (χ3v) is 4.60. The summed E-state index contributed by atoms with van der Waals surface area (Å²) in [7, 11) is 0. The summed E-state index contributed by atoms with van der Waals surface area (Å²) in [5.74, 6) is -0.460. The number of carbonyl (C=O) groups is 2. The first-order valence-corrected chi connectivity index (χ1v) is 10.2. The third kappa shape index (κ3) is 7.27. The second-order valence-corrected chi connectivity index (χ2v) is 6.91. The fourth-order valence-corrected chi connectivity index (χ4v) is 3.01. The molecule has 1 heterocycles.